The van der Waals surface area contributed by atoms with Crippen LogP contribution in [0.25, 0.3) is 0 Å². The lowest BCUT2D eigenvalue weighted by molar-refractivity contribution is 0.382. The SMILES string of the molecule is COc1cccc(CC(CCl)Cc2ccc(C)cc2)c1F. The van der Waals surface area contributed by atoms with E-state index < -0.39 is 0 Å². The summed E-state index contributed by atoms with van der Waals surface area (Å²) < 4.78 is 19.2. The fourth-order valence-corrected chi connectivity index (χ4v) is 2.64. The Kier molecular flexibility index (Phi) is 5.63. The van der Waals surface area contributed by atoms with Crippen LogP contribution in [-0.4, -0.2) is 13.0 Å². The highest BCUT2D eigenvalue weighted by atomic mass is 35.5. The highest BCUT2D eigenvalue weighted by Crippen LogP contribution is 2.24. The molecule has 1 atom stereocenters. The summed E-state index contributed by atoms with van der Waals surface area (Å²) in [5.41, 5.74) is 3.13. The van der Waals surface area contributed by atoms with Crippen LogP contribution in [-0.2, 0) is 12.8 Å². The first-order chi connectivity index (χ1) is 10.1. The molecule has 0 N–H and O–H groups in total. The Morgan fingerprint density at radius 2 is 1.81 bits per heavy atom. The van der Waals surface area contributed by atoms with E-state index in [0.717, 1.165) is 6.42 Å². The standard InChI is InChI=1S/C18H20ClFO/c1-13-6-8-14(9-7-13)10-15(12-19)11-16-4-3-5-17(21-2)18(16)20/h3-9,15H,10-12H2,1-2H3. The maximum Gasteiger partial charge on any atom is 0.168 e. The number of halogens is 2. The zero-order valence-electron chi connectivity index (χ0n) is 12.4. The van der Waals surface area contributed by atoms with Gasteiger partial charge in [0.1, 0.15) is 0 Å². The number of alkyl halides is 1. The lowest BCUT2D eigenvalue weighted by Gasteiger charge is -2.15. The number of hydrogen-bond acceptors (Lipinski definition) is 1. The van der Waals surface area contributed by atoms with E-state index in [-0.39, 0.29) is 17.5 Å². The number of hydrogen-bond donors (Lipinski definition) is 0. The largest absolute Gasteiger partial charge is 0.494 e. The van der Waals surface area contributed by atoms with Crippen LogP contribution in [0.3, 0.4) is 0 Å². The van der Waals surface area contributed by atoms with E-state index >= 15 is 0 Å². The van der Waals surface area contributed by atoms with Gasteiger partial charge in [0.2, 0.25) is 0 Å². The smallest absolute Gasteiger partial charge is 0.168 e. The lowest BCUT2D eigenvalue weighted by atomic mass is 9.93. The molecule has 0 spiro atoms. The third-order valence-corrected chi connectivity index (χ3v) is 4.07. The number of methoxy groups -OCH3 is 1. The summed E-state index contributed by atoms with van der Waals surface area (Å²) in [5.74, 6) is 0.719. The Labute approximate surface area is 130 Å². The molecule has 21 heavy (non-hydrogen) atoms. The molecule has 1 nitrogen and oxygen atoms in total. The minimum Gasteiger partial charge on any atom is -0.494 e. The van der Waals surface area contributed by atoms with Gasteiger partial charge in [0.25, 0.3) is 0 Å². The van der Waals surface area contributed by atoms with E-state index in [1.54, 1.807) is 12.1 Å². The summed E-state index contributed by atoms with van der Waals surface area (Å²) in [7, 11) is 1.48. The first kappa shape index (κ1) is 15.8. The normalized spacial score (nSPS) is 12.2. The van der Waals surface area contributed by atoms with Crippen molar-refractivity contribution in [3.63, 3.8) is 0 Å². The lowest BCUT2D eigenvalue weighted by Crippen LogP contribution is -2.11. The van der Waals surface area contributed by atoms with Gasteiger partial charge in [-0.1, -0.05) is 42.0 Å². The van der Waals surface area contributed by atoms with Crippen LogP contribution < -0.4 is 4.74 Å². The Balaban J connectivity index is 2.10. The van der Waals surface area contributed by atoms with Crippen molar-refractivity contribution < 1.29 is 9.13 Å². The van der Waals surface area contributed by atoms with E-state index in [2.05, 4.69) is 31.2 Å². The summed E-state index contributed by atoms with van der Waals surface area (Å²) >= 11 is 6.07. The summed E-state index contributed by atoms with van der Waals surface area (Å²) in [6.45, 7) is 2.06. The average molecular weight is 307 g/mol. The van der Waals surface area contributed by atoms with Gasteiger partial charge in [0.05, 0.1) is 7.11 Å². The predicted octanol–water partition coefficient (Wildman–Crippen LogP) is 4.78. The summed E-state index contributed by atoms with van der Waals surface area (Å²) in [6, 6.07) is 13.6. The number of benzene rings is 2. The molecule has 2 aromatic rings. The predicted molar refractivity (Wildman–Crippen MR) is 85.7 cm³/mol. The topological polar surface area (TPSA) is 9.23 Å². The van der Waals surface area contributed by atoms with Crippen LogP contribution in [0.15, 0.2) is 42.5 Å². The molecular weight excluding hydrogens is 287 g/mol. The summed E-state index contributed by atoms with van der Waals surface area (Å²) in [6.07, 6.45) is 1.46. The van der Waals surface area contributed by atoms with Crippen LogP contribution in [0.4, 0.5) is 4.39 Å². The Hall–Kier alpha value is -1.54. The van der Waals surface area contributed by atoms with Crippen molar-refractivity contribution in [2.75, 3.05) is 13.0 Å². The average Bonchev–Trinajstić information content (AvgIpc) is 2.50. The van der Waals surface area contributed by atoms with E-state index in [1.807, 2.05) is 6.07 Å². The maximum atomic E-state index is 14.2. The molecule has 3 heteroatoms. The quantitative estimate of drug-likeness (QED) is 0.698. The molecule has 0 saturated carbocycles. The first-order valence-electron chi connectivity index (χ1n) is 7.07. The van der Waals surface area contributed by atoms with Crippen molar-refractivity contribution in [1.29, 1.82) is 0 Å². The van der Waals surface area contributed by atoms with Gasteiger partial charge in [-0.3, -0.25) is 0 Å². The molecule has 112 valence electrons. The van der Waals surface area contributed by atoms with E-state index in [9.17, 15) is 4.39 Å². The van der Waals surface area contributed by atoms with Gasteiger partial charge in [-0.15, -0.1) is 11.6 Å². The molecule has 0 aliphatic rings. The molecule has 0 radical (unpaired) electrons. The van der Waals surface area contributed by atoms with Gasteiger partial charge >= 0.3 is 0 Å². The zero-order chi connectivity index (χ0) is 15.2. The molecule has 0 saturated heterocycles. The van der Waals surface area contributed by atoms with Crippen molar-refractivity contribution in [3.05, 3.63) is 65.0 Å². The second kappa shape index (κ2) is 7.46. The number of aryl methyl sites for hydroxylation is 1. The molecule has 0 fully saturated rings. The molecule has 2 rings (SSSR count). The zero-order valence-corrected chi connectivity index (χ0v) is 13.2. The fraction of sp³-hybridized carbons (Fsp3) is 0.333. The molecule has 0 heterocycles. The Morgan fingerprint density at radius 3 is 2.43 bits per heavy atom. The van der Waals surface area contributed by atoms with Crippen LogP contribution in [0, 0.1) is 18.7 Å². The van der Waals surface area contributed by atoms with Gasteiger partial charge in [-0.2, -0.15) is 0 Å². The van der Waals surface area contributed by atoms with E-state index in [1.165, 1.54) is 18.2 Å². The summed E-state index contributed by atoms with van der Waals surface area (Å²) in [5, 5.41) is 0. The van der Waals surface area contributed by atoms with Crippen molar-refractivity contribution in [1.82, 2.24) is 0 Å². The second-order valence-electron chi connectivity index (χ2n) is 5.35. The minimum absolute atomic E-state index is 0.205. The van der Waals surface area contributed by atoms with E-state index in [0.29, 0.717) is 17.9 Å². The highest BCUT2D eigenvalue weighted by Gasteiger charge is 2.15. The molecule has 2 aromatic carbocycles. The number of ether oxygens (including phenoxy) is 1. The van der Waals surface area contributed by atoms with E-state index in [4.69, 9.17) is 16.3 Å². The molecule has 0 aliphatic heterocycles. The van der Waals surface area contributed by atoms with Gasteiger partial charge in [0.15, 0.2) is 11.6 Å². The molecule has 0 aliphatic carbocycles. The Bertz CT molecular complexity index is 580. The van der Waals surface area contributed by atoms with Gasteiger partial charge < -0.3 is 4.74 Å². The van der Waals surface area contributed by atoms with Crippen molar-refractivity contribution in [2.45, 2.75) is 19.8 Å². The van der Waals surface area contributed by atoms with Gasteiger partial charge in [0, 0.05) is 5.88 Å². The number of rotatable bonds is 6. The molecule has 1 unspecified atom stereocenters. The minimum atomic E-state index is -0.279. The monoisotopic (exact) mass is 306 g/mol. The van der Waals surface area contributed by atoms with Crippen LogP contribution in [0.5, 0.6) is 5.75 Å². The third-order valence-electron chi connectivity index (χ3n) is 3.63. The highest BCUT2D eigenvalue weighted by molar-refractivity contribution is 6.18. The molecular formula is C18H20ClFO. The molecule has 0 bridgehead atoms. The first-order valence-corrected chi connectivity index (χ1v) is 7.60. The molecule has 0 aromatic heterocycles. The van der Waals surface area contributed by atoms with Crippen LogP contribution >= 0.6 is 11.6 Å². The Morgan fingerprint density at radius 1 is 1.10 bits per heavy atom. The second-order valence-corrected chi connectivity index (χ2v) is 5.66. The fourth-order valence-electron chi connectivity index (χ4n) is 2.42. The maximum absolute atomic E-state index is 14.2. The van der Waals surface area contributed by atoms with Crippen LogP contribution in [0.1, 0.15) is 16.7 Å². The van der Waals surface area contributed by atoms with Crippen molar-refractivity contribution in [3.8, 4) is 5.75 Å². The third kappa shape index (κ3) is 4.21. The summed E-state index contributed by atoms with van der Waals surface area (Å²) in [4.78, 5) is 0. The van der Waals surface area contributed by atoms with Crippen molar-refractivity contribution >= 4 is 11.6 Å². The molecule has 0 amide bonds. The van der Waals surface area contributed by atoms with Gasteiger partial charge in [-0.25, -0.2) is 4.39 Å². The van der Waals surface area contributed by atoms with Crippen LogP contribution in [0.2, 0.25) is 0 Å². The van der Waals surface area contributed by atoms with Gasteiger partial charge in [-0.05, 0) is 42.9 Å². The van der Waals surface area contributed by atoms with Crippen molar-refractivity contribution in [2.24, 2.45) is 5.92 Å².